The summed E-state index contributed by atoms with van der Waals surface area (Å²) in [5.41, 5.74) is 4.11. The molecule has 0 spiro atoms. The van der Waals surface area contributed by atoms with E-state index in [9.17, 15) is 13.2 Å². The first-order valence-corrected chi connectivity index (χ1v) is 10.5. The number of nitrogens with zero attached hydrogens (tertiary/aromatic N) is 1. The summed E-state index contributed by atoms with van der Waals surface area (Å²) in [7, 11) is -3.15. The molecule has 0 fully saturated rings. The molecule has 130 valence electrons. The molecule has 0 saturated heterocycles. The Kier molecular flexibility index (Phi) is 4.62. The van der Waals surface area contributed by atoms with Crippen molar-refractivity contribution in [2.45, 2.75) is 19.6 Å². The molecule has 0 aliphatic rings. The Morgan fingerprint density at radius 2 is 1.96 bits per heavy atom. The van der Waals surface area contributed by atoms with Crippen molar-refractivity contribution >= 4 is 42.4 Å². The van der Waals surface area contributed by atoms with Crippen LogP contribution >= 0.6 is 11.3 Å². The fourth-order valence-corrected chi connectivity index (χ4v) is 4.52. The number of anilines is 1. The summed E-state index contributed by atoms with van der Waals surface area (Å²) in [6, 6.07) is 10.7. The largest absolute Gasteiger partial charge is 0.298 e. The molecule has 25 heavy (non-hydrogen) atoms. The van der Waals surface area contributed by atoms with Gasteiger partial charge in [-0.15, -0.1) is 0 Å². The van der Waals surface area contributed by atoms with Gasteiger partial charge in [0.15, 0.2) is 15.0 Å². The maximum Gasteiger partial charge on any atom is 0.257 e. The van der Waals surface area contributed by atoms with Crippen molar-refractivity contribution in [3.8, 4) is 0 Å². The van der Waals surface area contributed by atoms with Crippen LogP contribution in [0.4, 0.5) is 5.13 Å². The predicted octanol–water partition coefficient (Wildman–Crippen LogP) is 3.71. The minimum absolute atomic E-state index is 0.0896. The Hall–Kier alpha value is -2.25. The molecular weight excluding hydrogens is 356 g/mol. The molecule has 3 aromatic rings. The number of carbonyl (C=O) groups is 1. The van der Waals surface area contributed by atoms with Crippen molar-refractivity contribution in [1.29, 1.82) is 0 Å². The zero-order chi connectivity index (χ0) is 18.2. The van der Waals surface area contributed by atoms with Crippen LogP contribution in [-0.2, 0) is 15.6 Å². The number of sulfone groups is 1. The fourth-order valence-electron chi connectivity index (χ4n) is 2.70. The van der Waals surface area contributed by atoms with Gasteiger partial charge in [0.1, 0.15) is 0 Å². The molecule has 1 N–H and O–H groups in total. The van der Waals surface area contributed by atoms with Crippen molar-refractivity contribution in [1.82, 2.24) is 4.98 Å². The Bertz CT molecular complexity index is 1070. The van der Waals surface area contributed by atoms with Gasteiger partial charge in [0.2, 0.25) is 0 Å². The number of benzene rings is 2. The van der Waals surface area contributed by atoms with Crippen LogP contribution in [0.2, 0.25) is 0 Å². The number of amides is 1. The van der Waals surface area contributed by atoms with Crippen molar-refractivity contribution in [3.63, 3.8) is 0 Å². The number of thiazole rings is 1. The summed E-state index contributed by atoms with van der Waals surface area (Å²) in [5.74, 6) is -0.392. The highest BCUT2D eigenvalue weighted by atomic mass is 32.2. The van der Waals surface area contributed by atoms with Crippen LogP contribution in [-0.4, -0.2) is 25.6 Å². The summed E-state index contributed by atoms with van der Waals surface area (Å²) >= 11 is 1.42. The summed E-state index contributed by atoms with van der Waals surface area (Å²) in [4.78, 5) is 17.0. The van der Waals surface area contributed by atoms with Crippen LogP contribution in [0.3, 0.4) is 0 Å². The van der Waals surface area contributed by atoms with Crippen molar-refractivity contribution < 1.29 is 13.2 Å². The van der Waals surface area contributed by atoms with Gasteiger partial charge in [0, 0.05) is 11.8 Å². The topological polar surface area (TPSA) is 76.1 Å². The summed E-state index contributed by atoms with van der Waals surface area (Å²) in [6.07, 6.45) is 1.17. The van der Waals surface area contributed by atoms with Crippen LogP contribution < -0.4 is 5.32 Å². The molecule has 0 radical (unpaired) electrons. The maximum atomic E-state index is 12.5. The Morgan fingerprint density at radius 3 is 2.68 bits per heavy atom. The van der Waals surface area contributed by atoms with Gasteiger partial charge in [0.05, 0.1) is 16.0 Å². The van der Waals surface area contributed by atoms with Gasteiger partial charge in [-0.1, -0.05) is 29.5 Å². The second-order valence-corrected chi connectivity index (χ2v) is 9.34. The lowest BCUT2D eigenvalue weighted by molar-refractivity contribution is 0.102. The first-order chi connectivity index (χ1) is 11.7. The molecule has 0 saturated carbocycles. The third-order valence-corrected chi connectivity index (χ3v) is 5.44. The molecule has 1 amide bonds. The maximum absolute atomic E-state index is 12.5. The minimum atomic E-state index is -3.15. The molecule has 0 atom stereocenters. The predicted molar refractivity (Wildman–Crippen MR) is 102 cm³/mol. The van der Waals surface area contributed by atoms with Crippen LogP contribution in [0.25, 0.3) is 10.2 Å². The van der Waals surface area contributed by atoms with Gasteiger partial charge < -0.3 is 0 Å². The van der Waals surface area contributed by atoms with Crippen LogP contribution in [0, 0.1) is 13.8 Å². The van der Waals surface area contributed by atoms with E-state index in [1.165, 1.54) is 17.6 Å². The van der Waals surface area contributed by atoms with E-state index >= 15 is 0 Å². The van der Waals surface area contributed by atoms with E-state index < -0.39 is 9.84 Å². The monoisotopic (exact) mass is 374 g/mol. The van der Waals surface area contributed by atoms with Crippen LogP contribution in [0.5, 0.6) is 0 Å². The third kappa shape index (κ3) is 4.24. The Labute approximate surface area is 150 Å². The van der Waals surface area contributed by atoms with Gasteiger partial charge in [0.25, 0.3) is 5.91 Å². The number of nitrogens with one attached hydrogen (secondary N) is 1. The zero-order valence-corrected chi connectivity index (χ0v) is 15.8. The molecule has 2 aromatic carbocycles. The van der Waals surface area contributed by atoms with Gasteiger partial charge in [-0.05, 0) is 48.7 Å². The number of carbonyl (C=O) groups excluding carboxylic acids is 1. The summed E-state index contributed by atoms with van der Waals surface area (Å²) in [6.45, 7) is 4.02. The zero-order valence-electron chi connectivity index (χ0n) is 14.2. The number of rotatable bonds is 4. The highest BCUT2D eigenvalue weighted by Crippen LogP contribution is 2.29. The summed E-state index contributed by atoms with van der Waals surface area (Å²) < 4.78 is 23.9. The van der Waals surface area contributed by atoms with Gasteiger partial charge in [-0.25, -0.2) is 13.4 Å². The van der Waals surface area contributed by atoms with E-state index in [1.54, 1.807) is 24.3 Å². The van der Waals surface area contributed by atoms with Crippen molar-refractivity contribution in [3.05, 3.63) is 58.7 Å². The van der Waals surface area contributed by atoms with Gasteiger partial charge in [-0.2, -0.15) is 0 Å². The first-order valence-electron chi connectivity index (χ1n) is 7.67. The van der Waals surface area contributed by atoms with Gasteiger partial charge >= 0.3 is 0 Å². The minimum Gasteiger partial charge on any atom is -0.298 e. The summed E-state index contributed by atoms with van der Waals surface area (Å²) in [5, 5.41) is 3.33. The van der Waals surface area contributed by atoms with E-state index in [1.807, 2.05) is 19.9 Å². The van der Waals surface area contributed by atoms with Crippen LogP contribution in [0.1, 0.15) is 27.0 Å². The van der Waals surface area contributed by atoms with E-state index in [-0.39, 0.29) is 11.7 Å². The van der Waals surface area contributed by atoms with Crippen molar-refractivity contribution in [2.24, 2.45) is 0 Å². The van der Waals surface area contributed by atoms with Crippen LogP contribution in [0.15, 0.2) is 36.4 Å². The number of hydrogen-bond donors (Lipinski definition) is 1. The average Bonchev–Trinajstić information content (AvgIpc) is 2.88. The highest BCUT2D eigenvalue weighted by molar-refractivity contribution is 7.89. The Morgan fingerprint density at radius 1 is 1.20 bits per heavy atom. The molecule has 1 aromatic heterocycles. The lowest BCUT2D eigenvalue weighted by atomic mass is 10.1. The number of fused-ring (bicyclic) bond motifs is 1. The van der Waals surface area contributed by atoms with E-state index in [4.69, 9.17) is 0 Å². The lowest BCUT2D eigenvalue weighted by Gasteiger charge is -2.04. The van der Waals surface area contributed by atoms with E-state index in [0.717, 1.165) is 21.3 Å². The smallest absolute Gasteiger partial charge is 0.257 e. The standard InChI is InChI=1S/C18H18N2O3S2/c1-11-7-12(2)16-15(8-11)24-18(19-16)20-17(21)14-6-4-5-13(9-14)10-25(3,22)23/h4-9H,10H2,1-3H3,(H,19,20,21). The molecule has 0 unspecified atom stereocenters. The number of aryl methyl sites for hydroxylation is 2. The number of aromatic nitrogens is 1. The van der Waals surface area contributed by atoms with Gasteiger partial charge in [-0.3, -0.25) is 10.1 Å². The molecule has 0 aliphatic heterocycles. The molecular formula is C18H18N2O3S2. The third-order valence-electron chi connectivity index (χ3n) is 3.67. The molecule has 1 heterocycles. The van der Waals surface area contributed by atoms with E-state index in [2.05, 4.69) is 16.4 Å². The molecule has 5 nitrogen and oxygen atoms in total. The molecule has 3 rings (SSSR count). The fraction of sp³-hybridized carbons (Fsp3) is 0.222. The highest BCUT2D eigenvalue weighted by Gasteiger charge is 2.13. The van der Waals surface area contributed by atoms with E-state index in [0.29, 0.717) is 16.3 Å². The normalized spacial score (nSPS) is 11.6. The average molecular weight is 374 g/mol. The SMILES string of the molecule is Cc1cc(C)c2nc(NC(=O)c3cccc(CS(C)(=O)=O)c3)sc2c1. The second kappa shape index (κ2) is 6.57. The number of hydrogen-bond acceptors (Lipinski definition) is 5. The Balaban J connectivity index is 1.85. The lowest BCUT2D eigenvalue weighted by Crippen LogP contribution is -2.12. The van der Waals surface area contributed by atoms with Crippen molar-refractivity contribution in [2.75, 3.05) is 11.6 Å². The molecule has 0 bridgehead atoms. The second-order valence-electron chi connectivity index (χ2n) is 6.17. The molecule has 0 aliphatic carbocycles. The molecule has 7 heteroatoms. The quantitative estimate of drug-likeness (QED) is 0.755. The first kappa shape index (κ1) is 17.6.